The quantitative estimate of drug-likeness (QED) is 0.534. The number of anilines is 1. The highest BCUT2D eigenvalue weighted by atomic mass is 16.7. The van der Waals surface area contributed by atoms with Gasteiger partial charge in [0, 0.05) is 24.4 Å². The summed E-state index contributed by atoms with van der Waals surface area (Å²) in [4.78, 5) is 35.7. The van der Waals surface area contributed by atoms with E-state index in [2.05, 4.69) is 10.6 Å². The summed E-state index contributed by atoms with van der Waals surface area (Å²) >= 11 is 0. The lowest BCUT2D eigenvalue weighted by atomic mass is 10.1. The molecule has 158 valence electrons. The summed E-state index contributed by atoms with van der Waals surface area (Å²) in [5, 5.41) is 5.65. The second-order valence-corrected chi connectivity index (χ2v) is 6.68. The van der Waals surface area contributed by atoms with Crippen LogP contribution >= 0.6 is 0 Å². The first-order valence-electron chi connectivity index (χ1n) is 9.79. The maximum Gasteiger partial charge on any atom is 0.513 e. The van der Waals surface area contributed by atoms with Crippen LogP contribution in [0, 0.1) is 0 Å². The molecule has 2 aromatic carbocycles. The minimum Gasteiger partial charge on any atom is -0.434 e. The first-order valence-corrected chi connectivity index (χ1v) is 9.79. The Hall–Kier alpha value is -3.39. The van der Waals surface area contributed by atoms with Gasteiger partial charge < -0.3 is 24.8 Å². The lowest BCUT2D eigenvalue weighted by Gasteiger charge is -2.11. The molecule has 1 heterocycles. The van der Waals surface area contributed by atoms with Gasteiger partial charge in [0.25, 0.3) is 5.91 Å². The summed E-state index contributed by atoms with van der Waals surface area (Å²) in [7, 11) is 0. The molecule has 3 rings (SSSR count). The van der Waals surface area contributed by atoms with Crippen molar-refractivity contribution in [3.8, 4) is 5.75 Å². The van der Waals surface area contributed by atoms with Gasteiger partial charge in [-0.15, -0.1) is 0 Å². The number of nitrogens with one attached hydrogen (secondary N) is 2. The second kappa shape index (κ2) is 10.4. The van der Waals surface area contributed by atoms with Gasteiger partial charge in [-0.25, -0.2) is 4.79 Å². The maximum absolute atomic E-state index is 12.4. The van der Waals surface area contributed by atoms with Gasteiger partial charge in [0.15, 0.2) is 0 Å². The molecular weight excluding hydrogens is 388 g/mol. The van der Waals surface area contributed by atoms with Crippen LogP contribution in [0.25, 0.3) is 0 Å². The van der Waals surface area contributed by atoms with E-state index in [1.54, 1.807) is 31.2 Å². The van der Waals surface area contributed by atoms with Crippen molar-refractivity contribution in [1.82, 2.24) is 5.32 Å². The topological polar surface area (TPSA) is 103 Å². The zero-order valence-corrected chi connectivity index (χ0v) is 16.7. The number of ether oxygens (including phenoxy) is 3. The smallest absolute Gasteiger partial charge is 0.434 e. The van der Waals surface area contributed by atoms with Gasteiger partial charge in [-0.1, -0.05) is 12.1 Å². The van der Waals surface area contributed by atoms with E-state index >= 15 is 0 Å². The molecule has 30 heavy (non-hydrogen) atoms. The van der Waals surface area contributed by atoms with E-state index in [1.807, 2.05) is 12.1 Å². The van der Waals surface area contributed by atoms with Gasteiger partial charge in [-0.3, -0.25) is 9.59 Å². The van der Waals surface area contributed by atoms with E-state index in [0.717, 1.165) is 18.4 Å². The Morgan fingerprint density at radius 1 is 1.07 bits per heavy atom. The highest BCUT2D eigenvalue weighted by molar-refractivity contribution is 6.04. The predicted octanol–water partition coefficient (Wildman–Crippen LogP) is 3.27. The molecule has 0 radical (unpaired) electrons. The third kappa shape index (κ3) is 6.05. The van der Waals surface area contributed by atoms with Gasteiger partial charge in [0.1, 0.15) is 11.9 Å². The fourth-order valence-electron chi connectivity index (χ4n) is 2.91. The van der Waals surface area contributed by atoms with Crippen LogP contribution in [0.4, 0.5) is 10.5 Å². The normalized spacial score (nSPS) is 15.3. The molecule has 1 aliphatic heterocycles. The van der Waals surface area contributed by atoms with E-state index in [4.69, 9.17) is 14.2 Å². The summed E-state index contributed by atoms with van der Waals surface area (Å²) in [6, 6.07) is 13.4. The molecule has 1 saturated heterocycles. The molecule has 2 aromatic rings. The van der Waals surface area contributed by atoms with Gasteiger partial charge in [0.2, 0.25) is 5.91 Å². The first-order chi connectivity index (χ1) is 14.5. The lowest BCUT2D eigenvalue weighted by molar-refractivity contribution is -0.130. The van der Waals surface area contributed by atoms with E-state index in [-0.39, 0.29) is 24.5 Å². The van der Waals surface area contributed by atoms with Crippen LogP contribution < -0.4 is 15.4 Å². The largest absolute Gasteiger partial charge is 0.513 e. The molecule has 0 aromatic heterocycles. The lowest BCUT2D eigenvalue weighted by Crippen LogP contribution is -2.33. The molecule has 1 aliphatic rings. The first kappa shape index (κ1) is 21.3. The second-order valence-electron chi connectivity index (χ2n) is 6.68. The Balaban J connectivity index is 1.49. The van der Waals surface area contributed by atoms with E-state index in [1.165, 1.54) is 12.1 Å². The molecule has 0 bridgehead atoms. The summed E-state index contributed by atoms with van der Waals surface area (Å²) < 4.78 is 15.0. The van der Waals surface area contributed by atoms with Crippen LogP contribution in [0.1, 0.15) is 35.7 Å². The average molecular weight is 412 g/mol. The van der Waals surface area contributed by atoms with Crippen LogP contribution in [-0.4, -0.2) is 37.3 Å². The number of carbonyl (C=O) groups excluding carboxylic acids is 3. The summed E-state index contributed by atoms with van der Waals surface area (Å²) in [6.45, 7) is 2.94. The zero-order chi connectivity index (χ0) is 21.3. The van der Waals surface area contributed by atoms with Gasteiger partial charge in [0.05, 0.1) is 6.61 Å². The summed E-state index contributed by atoms with van der Waals surface area (Å²) in [5.74, 6) is -0.100. The zero-order valence-electron chi connectivity index (χ0n) is 16.7. The Kier molecular flexibility index (Phi) is 7.40. The number of hydrogen-bond donors (Lipinski definition) is 2. The van der Waals surface area contributed by atoms with Crippen molar-refractivity contribution in [2.24, 2.45) is 0 Å². The number of carbonyl (C=O) groups is 3. The van der Waals surface area contributed by atoms with Gasteiger partial charge >= 0.3 is 6.16 Å². The van der Waals surface area contributed by atoms with Crippen LogP contribution in [0.15, 0.2) is 48.5 Å². The third-order valence-electron chi connectivity index (χ3n) is 4.48. The van der Waals surface area contributed by atoms with Crippen LogP contribution in [-0.2, 0) is 20.8 Å². The van der Waals surface area contributed by atoms with Crippen LogP contribution in [0.2, 0.25) is 0 Å². The molecule has 1 unspecified atom stereocenters. The van der Waals surface area contributed by atoms with Gasteiger partial charge in [-0.05, 0) is 61.7 Å². The van der Waals surface area contributed by atoms with E-state index in [0.29, 0.717) is 30.2 Å². The molecule has 0 spiro atoms. The molecule has 8 nitrogen and oxygen atoms in total. The molecule has 2 N–H and O–H groups in total. The highest BCUT2D eigenvalue weighted by Crippen LogP contribution is 2.16. The van der Waals surface area contributed by atoms with E-state index in [9.17, 15) is 14.4 Å². The number of benzene rings is 2. The summed E-state index contributed by atoms with van der Waals surface area (Å²) in [6.07, 6.45) is 0.528. The fraction of sp³-hybridized carbons (Fsp3) is 0.318. The minimum absolute atomic E-state index is 0.0970. The maximum atomic E-state index is 12.4. The standard InChI is InChI=1S/C22H24N2O6/c1-2-28-22(27)30-18-11-7-16(8-12-18)20(25)24-17-9-5-15(6-10-17)14-23-21(26)19-4-3-13-29-19/h5-12,19H,2-4,13-14H2,1H3,(H,23,26)(H,24,25). The monoisotopic (exact) mass is 412 g/mol. The number of hydrogen-bond acceptors (Lipinski definition) is 6. The predicted molar refractivity (Wildman–Crippen MR) is 109 cm³/mol. The Bertz CT molecular complexity index is 874. The minimum atomic E-state index is -0.790. The van der Waals surface area contributed by atoms with Crippen molar-refractivity contribution in [2.45, 2.75) is 32.4 Å². The highest BCUT2D eigenvalue weighted by Gasteiger charge is 2.22. The number of amides is 2. The number of rotatable bonds is 7. The fourth-order valence-corrected chi connectivity index (χ4v) is 2.91. The average Bonchev–Trinajstić information content (AvgIpc) is 3.29. The molecule has 1 atom stereocenters. The summed E-state index contributed by atoms with van der Waals surface area (Å²) in [5.41, 5.74) is 1.96. The molecular formula is C22H24N2O6. The van der Waals surface area contributed by atoms with Crippen molar-refractivity contribution in [1.29, 1.82) is 0 Å². The Labute approximate surface area is 174 Å². The van der Waals surface area contributed by atoms with Crippen LogP contribution in [0.5, 0.6) is 5.75 Å². The van der Waals surface area contributed by atoms with E-state index < -0.39 is 6.16 Å². The van der Waals surface area contributed by atoms with Crippen LogP contribution in [0.3, 0.4) is 0 Å². The Morgan fingerprint density at radius 3 is 2.43 bits per heavy atom. The van der Waals surface area contributed by atoms with Crippen molar-refractivity contribution in [2.75, 3.05) is 18.5 Å². The molecule has 2 amide bonds. The van der Waals surface area contributed by atoms with Gasteiger partial charge in [-0.2, -0.15) is 0 Å². The third-order valence-corrected chi connectivity index (χ3v) is 4.48. The molecule has 0 aliphatic carbocycles. The van der Waals surface area contributed by atoms with Crippen molar-refractivity contribution in [3.63, 3.8) is 0 Å². The van der Waals surface area contributed by atoms with Crippen molar-refractivity contribution >= 4 is 23.7 Å². The molecule has 0 saturated carbocycles. The molecule has 1 fully saturated rings. The molecule has 8 heteroatoms. The Morgan fingerprint density at radius 2 is 1.80 bits per heavy atom. The van der Waals surface area contributed by atoms with Crippen molar-refractivity contribution in [3.05, 3.63) is 59.7 Å². The van der Waals surface area contributed by atoms with Crippen molar-refractivity contribution < 1.29 is 28.6 Å². The SMILES string of the molecule is CCOC(=O)Oc1ccc(C(=O)Nc2ccc(CNC(=O)C3CCCO3)cc2)cc1.